The van der Waals surface area contributed by atoms with Gasteiger partial charge in [0.05, 0.1) is 12.0 Å². The molecule has 0 bridgehead atoms. The number of primary sulfonamides is 1. The Balaban J connectivity index is 1.55. The summed E-state index contributed by atoms with van der Waals surface area (Å²) in [5.41, 5.74) is 1.87. The van der Waals surface area contributed by atoms with Gasteiger partial charge in [0.15, 0.2) is 0 Å². The standard InChI is InChI=1S/C19H21N5O3S/c1-27-16-6-4-15(5-7-16)23-18-11-13-22-19(24-18)21-12-10-14-2-8-17(9-3-14)28(20,25)26/h2-9,11,13H,10,12H2,1H3,(H2,20,25,26)(H2,21,22,23,24). The lowest BCUT2D eigenvalue weighted by atomic mass is 10.1. The second-order valence-electron chi connectivity index (χ2n) is 5.98. The maximum Gasteiger partial charge on any atom is 0.238 e. The Morgan fingerprint density at radius 3 is 2.39 bits per heavy atom. The van der Waals surface area contributed by atoms with Crippen molar-refractivity contribution in [3.63, 3.8) is 0 Å². The van der Waals surface area contributed by atoms with E-state index in [4.69, 9.17) is 9.88 Å². The topological polar surface area (TPSA) is 119 Å². The van der Waals surface area contributed by atoms with Gasteiger partial charge in [0.1, 0.15) is 11.6 Å². The molecule has 3 rings (SSSR count). The van der Waals surface area contributed by atoms with Gasteiger partial charge in [0, 0.05) is 18.4 Å². The quantitative estimate of drug-likeness (QED) is 0.532. The van der Waals surface area contributed by atoms with Crippen LogP contribution in [0, 0.1) is 0 Å². The van der Waals surface area contributed by atoms with Crippen LogP contribution in [-0.4, -0.2) is 32.0 Å². The second-order valence-corrected chi connectivity index (χ2v) is 7.55. The number of ether oxygens (including phenoxy) is 1. The number of nitrogens with one attached hydrogen (secondary N) is 2. The molecule has 28 heavy (non-hydrogen) atoms. The molecule has 0 saturated carbocycles. The molecule has 0 unspecified atom stereocenters. The van der Waals surface area contributed by atoms with Crippen molar-refractivity contribution < 1.29 is 13.2 Å². The fraction of sp³-hybridized carbons (Fsp3) is 0.158. The number of rotatable bonds is 8. The fourth-order valence-electron chi connectivity index (χ4n) is 2.50. The summed E-state index contributed by atoms with van der Waals surface area (Å²) in [7, 11) is -2.04. The number of nitrogens with zero attached hydrogens (tertiary/aromatic N) is 2. The molecule has 4 N–H and O–H groups in total. The Morgan fingerprint density at radius 2 is 1.75 bits per heavy atom. The smallest absolute Gasteiger partial charge is 0.238 e. The molecule has 8 nitrogen and oxygen atoms in total. The summed E-state index contributed by atoms with van der Waals surface area (Å²) >= 11 is 0. The molecular formula is C19H21N5O3S. The largest absolute Gasteiger partial charge is 0.497 e. The summed E-state index contributed by atoms with van der Waals surface area (Å²) in [5, 5.41) is 11.5. The van der Waals surface area contributed by atoms with Gasteiger partial charge in [-0.3, -0.25) is 0 Å². The van der Waals surface area contributed by atoms with Crippen molar-refractivity contribution in [2.24, 2.45) is 5.14 Å². The summed E-state index contributed by atoms with van der Waals surface area (Å²) < 4.78 is 27.7. The van der Waals surface area contributed by atoms with Gasteiger partial charge < -0.3 is 15.4 Å². The highest BCUT2D eigenvalue weighted by molar-refractivity contribution is 7.89. The highest BCUT2D eigenvalue weighted by Crippen LogP contribution is 2.19. The van der Waals surface area contributed by atoms with E-state index in [0.29, 0.717) is 24.7 Å². The van der Waals surface area contributed by atoms with Gasteiger partial charge in [-0.15, -0.1) is 0 Å². The number of nitrogens with two attached hydrogens (primary N) is 1. The van der Waals surface area contributed by atoms with Crippen molar-refractivity contribution in [3.05, 3.63) is 66.4 Å². The van der Waals surface area contributed by atoms with Crippen LogP contribution in [-0.2, 0) is 16.4 Å². The molecule has 1 heterocycles. The molecule has 0 saturated heterocycles. The molecule has 146 valence electrons. The number of hydrogen-bond acceptors (Lipinski definition) is 7. The summed E-state index contributed by atoms with van der Waals surface area (Å²) in [6, 6.07) is 15.8. The van der Waals surface area contributed by atoms with E-state index in [0.717, 1.165) is 17.0 Å². The van der Waals surface area contributed by atoms with E-state index >= 15 is 0 Å². The average Bonchev–Trinajstić information content (AvgIpc) is 2.69. The Hall–Kier alpha value is -3.17. The highest BCUT2D eigenvalue weighted by Gasteiger charge is 2.06. The fourth-order valence-corrected chi connectivity index (χ4v) is 3.02. The minimum atomic E-state index is -3.67. The normalized spacial score (nSPS) is 11.1. The minimum absolute atomic E-state index is 0.102. The zero-order valence-electron chi connectivity index (χ0n) is 15.3. The number of benzene rings is 2. The van der Waals surface area contributed by atoms with Crippen LogP contribution in [0.3, 0.4) is 0 Å². The van der Waals surface area contributed by atoms with E-state index in [-0.39, 0.29) is 4.90 Å². The lowest BCUT2D eigenvalue weighted by Gasteiger charge is -2.09. The van der Waals surface area contributed by atoms with Gasteiger partial charge >= 0.3 is 0 Å². The zero-order valence-corrected chi connectivity index (χ0v) is 16.1. The van der Waals surface area contributed by atoms with E-state index in [9.17, 15) is 8.42 Å². The van der Waals surface area contributed by atoms with Gasteiger partial charge in [-0.25, -0.2) is 18.5 Å². The third-order valence-electron chi connectivity index (χ3n) is 3.97. The van der Waals surface area contributed by atoms with Crippen molar-refractivity contribution in [2.45, 2.75) is 11.3 Å². The Bertz CT molecular complexity index is 1020. The van der Waals surface area contributed by atoms with Crippen LogP contribution in [0.2, 0.25) is 0 Å². The van der Waals surface area contributed by atoms with Crippen LogP contribution >= 0.6 is 0 Å². The number of sulfonamides is 1. The third-order valence-corrected chi connectivity index (χ3v) is 4.90. The molecule has 0 fully saturated rings. The van der Waals surface area contributed by atoms with Crippen LogP contribution in [0.4, 0.5) is 17.5 Å². The molecule has 0 aliphatic carbocycles. The van der Waals surface area contributed by atoms with Crippen LogP contribution in [0.1, 0.15) is 5.56 Å². The van der Waals surface area contributed by atoms with E-state index in [2.05, 4.69) is 20.6 Å². The first-order valence-corrected chi connectivity index (χ1v) is 10.1. The van der Waals surface area contributed by atoms with E-state index in [1.807, 2.05) is 24.3 Å². The minimum Gasteiger partial charge on any atom is -0.497 e. The molecule has 0 atom stereocenters. The second kappa shape index (κ2) is 8.68. The first kappa shape index (κ1) is 19.6. The van der Waals surface area contributed by atoms with Crippen molar-refractivity contribution in [1.29, 1.82) is 0 Å². The maximum absolute atomic E-state index is 11.3. The maximum atomic E-state index is 11.3. The van der Waals surface area contributed by atoms with Gasteiger partial charge in [-0.1, -0.05) is 12.1 Å². The average molecular weight is 399 g/mol. The molecule has 0 amide bonds. The molecule has 0 aliphatic rings. The Labute approximate surface area is 163 Å². The number of aromatic nitrogens is 2. The monoisotopic (exact) mass is 399 g/mol. The predicted molar refractivity (Wildman–Crippen MR) is 108 cm³/mol. The van der Waals surface area contributed by atoms with E-state index < -0.39 is 10.0 Å². The molecule has 0 radical (unpaired) electrons. The Morgan fingerprint density at radius 1 is 1.04 bits per heavy atom. The summed E-state index contributed by atoms with van der Waals surface area (Å²) in [6.45, 7) is 0.598. The van der Waals surface area contributed by atoms with Gasteiger partial charge in [0.25, 0.3) is 0 Å². The number of anilines is 3. The molecule has 9 heteroatoms. The summed E-state index contributed by atoms with van der Waals surface area (Å²) in [6.07, 6.45) is 2.35. The number of hydrogen-bond donors (Lipinski definition) is 3. The van der Waals surface area contributed by atoms with Gasteiger partial charge in [-0.05, 0) is 54.4 Å². The van der Waals surface area contributed by atoms with Gasteiger partial charge in [0.2, 0.25) is 16.0 Å². The number of methoxy groups -OCH3 is 1. The van der Waals surface area contributed by atoms with E-state index in [1.165, 1.54) is 12.1 Å². The molecule has 0 aliphatic heterocycles. The van der Waals surface area contributed by atoms with Crippen molar-refractivity contribution in [3.8, 4) is 5.75 Å². The SMILES string of the molecule is COc1ccc(Nc2ccnc(NCCc3ccc(S(N)(=O)=O)cc3)n2)cc1. The van der Waals surface area contributed by atoms with Crippen LogP contribution in [0.25, 0.3) is 0 Å². The van der Waals surface area contributed by atoms with Crippen molar-refractivity contribution in [1.82, 2.24) is 9.97 Å². The third kappa shape index (κ3) is 5.41. The molecule has 1 aromatic heterocycles. The molecule has 3 aromatic rings. The van der Waals surface area contributed by atoms with Gasteiger partial charge in [-0.2, -0.15) is 4.98 Å². The highest BCUT2D eigenvalue weighted by atomic mass is 32.2. The van der Waals surface area contributed by atoms with Crippen molar-refractivity contribution >= 4 is 27.5 Å². The lowest BCUT2D eigenvalue weighted by Crippen LogP contribution is -2.12. The molecular weight excluding hydrogens is 378 g/mol. The lowest BCUT2D eigenvalue weighted by molar-refractivity contribution is 0.415. The summed E-state index contributed by atoms with van der Waals surface area (Å²) in [4.78, 5) is 8.74. The predicted octanol–water partition coefficient (Wildman–Crippen LogP) is 2.53. The first-order valence-electron chi connectivity index (χ1n) is 8.54. The van der Waals surface area contributed by atoms with Crippen LogP contribution < -0.4 is 20.5 Å². The van der Waals surface area contributed by atoms with Crippen molar-refractivity contribution in [2.75, 3.05) is 24.3 Å². The van der Waals surface area contributed by atoms with E-state index in [1.54, 1.807) is 31.5 Å². The zero-order chi connectivity index (χ0) is 20.0. The summed E-state index contributed by atoms with van der Waals surface area (Å²) in [5.74, 6) is 1.95. The van der Waals surface area contributed by atoms with Crippen LogP contribution in [0.15, 0.2) is 65.7 Å². The molecule has 0 spiro atoms. The Kier molecular flexibility index (Phi) is 6.07. The first-order chi connectivity index (χ1) is 13.4. The van der Waals surface area contributed by atoms with Crippen LogP contribution in [0.5, 0.6) is 5.75 Å². The molecule has 2 aromatic carbocycles.